The molecule has 0 aliphatic heterocycles. The van der Waals surface area contributed by atoms with Gasteiger partial charge in [0.15, 0.2) is 0 Å². The zero-order valence-electron chi connectivity index (χ0n) is 16.1. The van der Waals surface area contributed by atoms with E-state index in [1.54, 1.807) is 6.07 Å². The Morgan fingerprint density at radius 3 is 2.11 bits per heavy atom. The molecule has 0 bridgehead atoms. The number of hydrogen-bond donors (Lipinski definition) is 0. The highest BCUT2D eigenvalue weighted by Gasteiger charge is 2.22. The summed E-state index contributed by atoms with van der Waals surface area (Å²) in [5.74, 6) is 1.46. The third-order valence-electron chi connectivity index (χ3n) is 6.07. The smallest absolute Gasteiger partial charge is 0.115 e. The molecule has 1 saturated carbocycles. The fourth-order valence-electron chi connectivity index (χ4n) is 4.54. The average molecular weight is 374 g/mol. The lowest BCUT2D eigenvalue weighted by Crippen LogP contribution is -2.13. The maximum absolute atomic E-state index is 13.6. The first-order valence-electron chi connectivity index (χ1n) is 10.1. The van der Waals surface area contributed by atoms with Crippen LogP contribution in [0.15, 0.2) is 36.4 Å². The highest BCUT2D eigenvalue weighted by Crippen LogP contribution is 2.38. The van der Waals surface area contributed by atoms with Crippen LogP contribution in [-0.2, 0) is 20.0 Å². The summed E-state index contributed by atoms with van der Waals surface area (Å²) in [4.78, 5) is 0. The van der Waals surface area contributed by atoms with Crippen LogP contribution >= 0.6 is 0 Å². The summed E-state index contributed by atoms with van der Waals surface area (Å²) in [6, 6.07) is 11.3. The fourth-order valence-corrected chi connectivity index (χ4v) is 4.54. The summed E-state index contributed by atoms with van der Waals surface area (Å²) in [5.41, 5.74) is 3.74. The first-order chi connectivity index (χ1) is 13.2. The van der Waals surface area contributed by atoms with Crippen molar-refractivity contribution in [3.05, 3.63) is 58.7 Å². The van der Waals surface area contributed by atoms with Crippen LogP contribution < -0.4 is 0 Å². The van der Waals surface area contributed by atoms with Crippen molar-refractivity contribution in [2.45, 2.75) is 71.4 Å². The van der Waals surface area contributed by atoms with Gasteiger partial charge in [-0.1, -0.05) is 50.1 Å². The second kappa shape index (κ2) is 9.43. The van der Waals surface area contributed by atoms with Crippen molar-refractivity contribution in [2.75, 3.05) is 0 Å². The topological polar surface area (TPSA) is 0 Å². The number of halogens is 3. The van der Waals surface area contributed by atoms with Gasteiger partial charge in [-0.05, 0) is 77.0 Å². The largest absolute Gasteiger partial charge is 0.246 e. The number of benzene rings is 2. The van der Waals surface area contributed by atoms with Gasteiger partial charge in [0.25, 0.3) is 0 Å². The zero-order valence-corrected chi connectivity index (χ0v) is 16.1. The molecule has 0 saturated heterocycles. The molecule has 2 aromatic rings. The molecular weight excluding hydrogens is 345 g/mol. The van der Waals surface area contributed by atoms with E-state index in [1.165, 1.54) is 50.2 Å². The van der Waals surface area contributed by atoms with Gasteiger partial charge < -0.3 is 0 Å². The van der Waals surface area contributed by atoms with Crippen molar-refractivity contribution in [1.82, 2.24) is 0 Å². The van der Waals surface area contributed by atoms with Crippen LogP contribution in [0.4, 0.5) is 13.2 Å². The van der Waals surface area contributed by atoms with Crippen molar-refractivity contribution in [3.63, 3.8) is 0 Å². The minimum atomic E-state index is -0.779. The highest BCUT2D eigenvalue weighted by molar-refractivity contribution is 5.70. The van der Waals surface area contributed by atoms with Crippen molar-refractivity contribution >= 4 is 0 Å². The second-order valence-corrected chi connectivity index (χ2v) is 7.81. The lowest BCUT2D eigenvalue weighted by Gasteiger charge is -2.28. The standard InChI is InChI=1S/C24H29F3/c1-2-3-17-4-6-19(7-5-17)20-8-10-21(11-9-20)23-13-18(14-25)12-22(15-26)24(23)16-27/h8-13,17,19H,2-7,14-16H2,1H3. The van der Waals surface area contributed by atoms with Crippen molar-refractivity contribution in [1.29, 1.82) is 0 Å². The molecule has 0 N–H and O–H groups in total. The van der Waals surface area contributed by atoms with E-state index in [-0.39, 0.29) is 5.56 Å². The quantitative estimate of drug-likeness (QED) is 0.463. The molecule has 27 heavy (non-hydrogen) atoms. The molecule has 0 atom stereocenters. The number of alkyl halides is 3. The van der Waals surface area contributed by atoms with Crippen molar-refractivity contribution in [2.24, 2.45) is 5.92 Å². The van der Waals surface area contributed by atoms with Gasteiger partial charge in [-0.2, -0.15) is 0 Å². The van der Waals surface area contributed by atoms with Gasteiger partial charge in [0.2, 0.25) is 0 Å². The third-order valence-corrected chi connectivity index (χ3v) is 6.07. The van der Waals surface area contributed by atoms with Crippen LogP contribution in [0, 0.1) is 5.92 Å². The lowest BCUT2D eigenvalue weighted by molar-refractivity contribution is 0.308. The summed E-state index contributed by atoms with van der Waals surface area (Å²) in [6.07, 6.45) is 7.64. The van der Waals surface area contributed by atoms with Gasteiger partial charge in [0, 0.05) is 0 Å². The van der Waals surface area contributed by atoms with Crippen LogP contribution in [0.5, 0.6) is 0 Å². The Kier molecular flexibility index (Phi) is 6.98. The summed E-state index contributed by atoms with van der Waals surface area (Å²) in [7, 11) is 0. The number of hydrogen-bond acceptors (Lipinski definition) is 0. The van der Waals surface area contributed by atoms with E-state index in [9.17, 15) is 13.2 Å². The minimum absolute atomic E-state index is 0.251. The molecule has 2 aromatic carbocycles. The first-order valence-corrected chi connectivity index (χ1v) is 10.1. The predicted molar refractivity (Wildman–Crippen MR) is 106 cm³/mol. The van der Waals surface area contributed by atoms with E-state index >= 15 is 0 Å². The van der Waals surface area contributed by atoms with Gasteiger partial charge in [-0.25, -0.2) is 13.2 Å². The molecule has 0 heterocycles. The van der Waals surface area contributed by atoms with E-state index in [0.29, 0.717) is 22.6 Å². The first kappa shape index (κ1) is 20.0. The van der Waals surface area contributed by atoms with Crippen LogP contribution in [0.1, 0.15) is 73.6 Å². The molecule has 3 rings (SSSR count). The van der Waals surface area contributed by atoms with Crippen LogP contribution in [0.3, 0.4) is 0 Å². The van der Waals surface area contributed by atoms with Gasteiger partial charge in [0.05, 0.1) is 0 Å². The van der Waals surface area contributed by atoms with Crippen LogP contribution in [-0.4, -0.2) is 0 Å². The third kappa shape index (κ3) is 4.56. The fraction of sp³-hybridized carbons (Fsp3) is 0.500. The molecule has 146 valence electrons. The number of rotatable bonds is 7. The Balaban J connectivity index is 1.82. The molecule has 1 fully saturated rings. The van der Waals surface area contributed by atoms with Crippen molar-refractivity contribution < 1.29 is 13.2 Å². The van der Waals surface area contributed by atoms with E-state index in [2.05, 4.69) is 19.1 Å². The van der Waals surface area contributed by atoms with Gasteiger partial charge in [-0.15, -0.1) is 0 Å². The summed E-state index contributed by atoms with van der Waals surface area (Å²) < 4.78 is 40.0. The summed E-state index contributed by atoms with van der Waals surface area (Å²) in [5, 5.41) is 0. The molecule has 0 spiro atoms. The van der Waals surface area contributed by atoms with Gasteiger partial charge in [0.1, 0.15) is 20.0 Å². The Hall–Kier alpha value is -1.77. The van der Waals surface area contributed by atoms with Gasteiger partial charge in [-0.3, -0.25) is 0 Å². The van der Waals surface area contributed by atoms with Crippen molar-refractivity contribution in [3.8, 4) is 11.1 Å². The Bertz CT molecular complexity index is 728. The molecule has 1 aliphatic carbocycles. The molecule has 3 heteroatoms. The molecule has 0 unspecified atom stereocenters. The normalized spacial score (nSPS) is 20.0. The van der Waals surface area contributed by atoms with Crippen LogP contribution in [0.25, 0.3) is 11.1 Å². The maximum Gasteiger partial charge on any atom is 0.115 e. The van der Waals surface area contributed by atoms with E-state index in [1.807, 2.05) is 12.1 Å². The molecule has 0 aromatic heterocycles. The molecule has 0 radical (unpaired) electrons. The lowest BCUT2D eigenvalue weighted by atomic mass is 9.77. The Morgan fingerprint density at radius 1 is 0.852 bits per heavy atom. The van der Waals surface area contributed by atoms with E-state index in [0.717, 1.165) is 11.5 Å². The SMILES string of the molecule is CCCC1CCC(c2ccc(-c3cc(CF)cc(CF)c3CF)cc2)CC1. The summed E-state index contributed by atoms with van der Waals surface area (Å²) in [6.45, 7) is 0.0535. The Labute approximate surface area is 160 Å². The predicted octanol–water partition coefficient (Wildman–Crippen LogP) is 7.84. The molecule has 0 amide bonds. The van der Waals surface area contributed by atoms with E-state index < -0.39 is 20.0 Å². The average Bonchev–Trinajstić information content (AvgIpc) is 2.73. The van der Waals surface area contributed by atoms with E-state index in [4.69, 9.17) is 0 Å². The Morgan fingerprint density at radius 2 is 1.56 bits per heavy atom. The second-order valence-electron chi connectivity index (χ2n) is 7.81. The maximum atomic E-state index is 13.6. The zero-order chi connectivity index (χ0) is 19.2. The molecular formula is C24H29F3. The highest BCUT2D eigenvalue weighted by atomic mass is 19.1. The van der Waals surface area contributed by atoms with Gasteiger partial charge >= 0.3 is 0 Å². The summed E-state index contributed by atoms with van der Waals surface area (Å²) >= 11 is 0. The molecule has 1 aliphatic rings. The molecule has 0 nitrogen and oxygen atoms in total. The minimum Gasteiger partial charge on any atom is -0.246 e. The van der Waals surface area contributed by atoms with Crippen LogP contribution in [0.2, 0.25) is 0 Å². The monoisotopic (exact) mass is 374 g/mol.